The number of rotatable bonds is 6. The van der Waals surface area contributed by atoms with Gasteiger partial charge < -0.3 is 15.0 Å². The molecule has 3 aromatic carbocycles. The van der Waals surface area contributed by atoms with Gasteiger partial charge in [0.25, 0.3) is 5.91 Å². The van der Waals surface area contributed by atoms with Crippen LogP contribution in [0.15, 0.2) is 89.9 Å². The number of H-pyrrole nitrogens is 1. The van der Waals surface area contributed by atoms with Gasteiger partial charge in [0.05, 0.1) is 11.4 Å². The summed E-state index contributed by atoms with van der Waals surface area (Å²) in [6, 6.07) is 24.0. The fourth-order valence-corrected chi connectivity index (χ4v) is 3.19. The van der Waals surface area contributed by atoms with Crippen molar-refractivity contribution in [3.8, 4) is 11.4 Å². The molecule has 2 N–H and O–H groups in total. The molecule has 1 amide bonds. The Balaban J connectivity index is 1.53. The first-order valence-corrected chi connectivity index (χ1v) is 9.56. The number of hydrogen-bond acceptors (Lipinski definition) is 3. The van der Waals surface area contributed by atoms with Crippen molar-refractivity contribution in [2.24, 2.45) is 0 Å². The zero-order valence-corrected chi connectivity index (χ0v) is 16.5. The van der Waals surface area contributed by atoms with Crippen molar-refractivity contribution >= 4 is 11.6 Å². The Labute approximate surface area is 173 Å². The van der Waals surface area contributed by atoms with Crippen molar-refractivity contribution < 1.29 is 9.53 Å². The molecule has 0 fully saturated rings. The molecule has 0 unspecified atom stereocenters. The lowest BCUT2D eigenvalue weighted by molar-refractivity contribution is 0.102. The Bertz CT molecular complexity index is 1230. The first kappa shape index (κ1) is 19.3. The minimum Gasteiger partial charge on any atom is -0.489 e. The molecule has 0 bridgehead atoms. The summed E-state index contributed by atoms with van der Waals surface area (Å²) in [7, 11) is 0. The molecule has 0 aliphatic carbocycles. The molecular weight excluding hydrogens is 378 g/mol. The molecule has 6 nitrogen and oxygen atoms in total. The van der Waals surface area contributed by atoms with E-state index in [0.717, 1.165) is 11.3 Å². The summed E-state index contributed by atoms with van der Waals surface area (Å²) in [5, 5.41) is 2.90. The van der Waals surface area contributed by atoms with Crippen LogP contribution in [-0.2, 0) is 6.61 Å². The lowest BCUT2D eigenvalue weighted by Gasteiger charge is -2.13. The number of nitrogens with one attached hydrogen (secondary N) is 2. The number of carbonyl (C=O) groups is 1. The van der Waals surface area contributed by atoms with Gasteiger partial charge in [0.1, 0.15) is 12.4 Å². The van der Waals surface area contributed by atoms with Crippen LogP contribution >= 0.6 is 0 Å². The van der Waals surface area contributed by atoms with E-state index >= 15 is 0 Å². The van der Waals surface area contributed by atoms with Gasteiger partial charge in [-0.1, -0.05) is 48.5 Å². The molecule has 1 aromatic heterocycles. The Morgan fingerprint density at radius 2 is 1.77 bits per heavy atom. The van der Waals surface area contributed by atoms with E-state index in [1.54, 1.807) is 36.5 Å². The van der Waals surface area contributed by atoms with Crippen molar-refractivity contribution in [3.63, 3.8) is 0 Å². The molecule has 0 atom stereocenters. The molecule has 4 rings (SSSR count). The highest BCUT2D eigenvalue weighted by molar-refractivity contribution is 6.05. The first-order chi connectivity index (χ1) is 14.6. The third-order valence-electron chi connectivity index (χ3n) is 4.70. The van der Waals surface area contributed by atoms with Crippen LogP contribution in [0.1, 0.15) is 21.6 Å². The van der Waals surface area contributed by atoms with Crippen LogP contribution in [0, 0.1) is 6.92 Å². The topological polar surface area (TPSA) is 76.1 Å². The van der Waals surface area contributed by atoms with Crippen molar-refractivity contribution in [1.29, 1.82) is 0 Å². The number of aryl methyl sites for hydroxylation is 1. The van der Waals surface area contributed by atoms with Crippen LogP contribution in [-0.4, -0.2) is 15.5 Å². The lowest BCUT2D eigenvalue weighted by atomic mass is 10.2. The monoisotopic (exact) mass is 399 g/mol. The smallest absolute Gasteiger partial charge is 0.330 e. The fourth-order valence-electron chi connectivity index (χ4n) is 3.19. The Morgan fingerprint density at radius 1 is 1.00 bits per heavy atom. The Kier molecular flexibility index (Phi) is 5.48. The van der Waals surface area contributed by atoms with Gasteiger partial charge in [-0.25, -0.2) is 4.79 Å². The van der Waals surface area contributed by atoms with E-state index in [2.05, 4.69) is 10.3 Å². The number of imidazole rings is 1. The zero-order valence-electron chi connectivity index (χ0n) is 16.5. The van der Waals surface area contributed by atoms with Crippen molar-refractivity contribution in [1.82, 2.24) is 9.55 Å². The molecule has 6 heteroatoms. The minimum atomic E-state index is -0.283. The third-order valence-corrected chi connectivity index (χ3v) is 4.70. The average Bonchev–Trinajstić information content (AvgIpc) is 3.11. The number of amides is 1. The number of anilines is 1. The second-order valence-corrected chi connectivity index (χ2v) is 6.84. The van der Waals surface area contributed by atoms with E-state index in [1.807, 2.05) is 55.5 Å². The Hall–Kier alpha value is -4.06. The second-order valence-electron chi connectivity index (χ2n) is 6.84. The largest absolute Gasteiger partial charge is 0.489 e. The number of nitrogens with zero attached hydrogens (tertiary/aromatic N) is 1. The van der Waals surface area contributed by atoms with Gasteiger partial charge in [-0.3, -0.25) is 9.36 Å². The van der Waals surface area contributed by atoms with Crippen LogP contribution in [0.4, 0.5) is 5.69 Å². The molecule has 0 saturated heterocycles. The van der Waals surface area contributed by atoms with E-state index in [4.69, 9.17) is 4.74 Å². The number of ether oxygens (including phenoxy) is 1. The predicted molar refractivity (Wildman–Crippen MR) is 116 cm³/mol. The molecule has 0 saturated carbocycles. The van der Waals surface area contributed by atoms with Gasteiger partial charge in [0.15, 0.2) is 0 Å². The normalized spacial score (nSPS) is 10.6. The summed E-state index contributed by atoms with van der Waals surface area (Å²) in [5.74, 6) is 0.325. The van der Waals surface area contributed by atoms with E-state index < -0.39 is 0 Å². The second kappa shape index (κ2) is 8.53. The van der Waals surface area contributed by atoms with Gasteiger partial charge >= 0.3 is 5.69 Å². The molecule has 150 valence electrons. The predicted octanol–water partition coefficient (Wildman–Crippen LogP) is 4.31. The quantitative estimate of drug-likeness (QED) is 0.507. The van der Waals surface area contributed by atoms with Gasteiger partial charge in [-0.2, -0.15) is 0 Å². The van der Waals surface area contributed by atoms with E-state index in [0.29, 0.717) is 29.3 Å². The van der Waals surface area contributed by atoms with E-state index in [-0.39, 0.29) is 11.6 Å². The number of para-hydroxylation sites is 2. The summed E-state index contributed by atoms with van der Waals surface area (Å²) in [6.07, 6.45) is 1.63. The highest BCUT2D eigenvalue weighted by Gasteiger charge is 2.13. The average molecular weight is 399 g/mol. The number of aromatic nitrogens is 2. The molecule has 0 aliphatic rings. The maximum Gasteiger partial charge on any atom is 0.330 e. The first-order valence-electron chi connectivity index (χ1n) is 9.56. The maximum absolute atomic E-state index is 12.9. The van der Waals surface area contributed by atoms with Crippen LogP contribution in [0.5, 0.6) is 5.75 Å². The molecule has 0 radical (unpaired) electrons. The molecule has 0 spiro atoms. The summed E-state index contributed by atoms with van der Waals surface area (Å²) in [4.78, 5) is 27.7. The van der Waals surface area contributed by atoms with Gasteiger partial charge in [-0.15, -0.1) is 0 Å². The maximum atomic E-state index is 12.9. The number of benzene rings is 3. The van der Waals surface area contributed by atoms with Crippen molar-refractivity contribution in [3.05, 3.63) is 112 Å². The summed E-state index contributed by atoms with van der Waals surface area (Å²) in [5.41, 5.74) is 3.15. The standard InChI is InChI=1S/C24H21N3O3/c1-17-15-25-24(29)27(17)22-13-6-5-12-21(22)26-23(28)19-10-7-11-20(14-19)30-16-18-8-3-2-4-9-18/h2-15H,16H2,1H3,(H,25,29)(H,26,28). The lowest BCUT2D eigenvalue weighted by Crippen LogP contribution is -2.19. The fraction of sp³-hybridized carbons (Fsp3) is 0.0833. The summed E-state index contributed by atoms with van der Waals surface area (Å²) < 4.78 is 7.34. The molecule has 1 heterocycles. The van der Waals surface area contributed by atoms with Crippen LogP contribution < -0.4 is 15.7 Å². The van der Waals surface area contributed by atoms with E-state index in [9.17, 15) is 9.59 Å². The zero-order chi connectivity index (χ0) is 20.9. The highest BCUT2D eigenvalue weighted by atomic mass is 16.5. The summed E-state index contributed by atoms with van der Waals surface area (Å²) in [6.45, 7) is 2.24. The molecule has 30 heavy (non-hydrogen) atoms. The molecular formula is C24H21N3O3. The van der Waals surface area contributed by atoms with Crippen molar-refractivity contribution in [2.45, 2.75) is 13.5 Å². The molecule has 4 aromatic rings. The minimum absolute atomic E-state index is 0.259. The van der Waals surface area contributed by atoms with Gasteiger partial charge in [0, 0.05) is 17.5 Å². The third kappa shape index (κ3) is 4.17. The number of hydrogen-bond donors (Lipinski definition) is 2. The van der Waals surface area contributed by atoms with Crippen LogP contribution in [0.25, 0.3) is 5.69 Å². The van der Waals surface area contributed by atoms with Gasteiger partial charge in [0.2, 0.25) is 0 Å². The number of aromatic amines is 1. The SMILES string of the molecule is Cc1c[nH]c(=O)n1-c1ccccc1NC(=O)c1cccc(OCc2ccccc2)c1. The van der Waals surface area contributed by atoms with E-state index in [1.165, 1.54) is 4.57 Å². The van der Waals surface area contributed by atoms with Gasteiger partial charge in [-0.05, 0) is 42.8 Å². The Morgan fingerprint density at radius 3 is 2.53 bits per heavy atom. The highest BCUT2D eigenvalue weighted by Crippen LogP contribution is 2.22. The van der Waals surface area contributed by atoms with Crippen LogP contribution in [0.3, 0.4) is 0 Å². The summed E-state index contributed by atoms with van der Waals surface area (Å²) >= 11 is 0. The number of carbonyl (C=O) groups excluding carboxylic acids is 1. The molecule has 0 aliphatic heterocycles. The van der Waals surface area contributed by atoms with Crippen molar-refractivity contribution in [2.75, 3.05) is 5.32 Å². The van der Waals surface area contributed by atoms with Crippen LogP contribution in [0.2, 0.25) is 0 Å².